The second kappa shape index (κ2) is 44.8. The molecule has 0 radical (unpaired) electrons. The largest absolute Gasteiger partial charge is 0.463 e. The van der Waals surface area contributed by atoms with Crippen LogP contribution >= 0.6 is 23.2 Å². The molecule has 5 heterocycles. The number of carbonyl (C=O) groups excluding carboxylic acids is 2. The van der Waals surface area contributed by atoms with Crippen LogP contribution in [0.1, 0.15) is 70.7 Å². The van der Waals surface area contributed by atoms with Crippen LogP contribution in [-0.2, 0) is 47.5 Å². The van der Waals surface area contributed by atoms with Crippen molar-refractivity contribution < 1.29 is 47.5 Å². The summed E-state index contributed by atoms with van der Waals surface area (Å²) in [6, 6.07) is 37.1. The van der Waals surface area contributed by atoms with Crippen LogP contribution in [0.15, 0.2) is 143 Å². The number of anilines is 1. The molecule has 5 aromatic heterocycles. The van der Waals surface area contributed by atoms with Crippen molar-refractivity contribution in [3.8, 4) is 34.2 Å². The van der Waals surface area contributed by atoms with Gasteiger partial charge >= 0.3 is 24.5 Å². The molecule has 0 aliphatic heterocycles. The average Bonchev–Trinajstić information content (AvgIpc) is 1.41. The summed E-state index contributed by atoms with van der Waals surface area (Å²) in [5.74, 6) is 0.278. The number of benzene rings is 4. The Balaban J connectivity index is 0.000000574. The lowest BCUT2D eigenvalue weighted by atomic mass is 10.0. The second-order valence-electron chi connectivity index (χ2n) is 19.8. The molecule has 0 bridgehead atoms. The zero-order chi connectivity index (χ0) is 69.9. The number of aromatic amines is 4. The number of amidine groups is 1. The van der Waals surface area contributed by atoms with E-state index >= 15 is 0 Å². The molecule has 9 rings (SSSR count). The van der Waals surface area contributed by atoms with E-state index in [4.69, 9.17) is 81.6 Å². The Morgan fingerprint density at radius 3 is 1.46 bits per heavy atom. The molecule has 0 saturated heterocycles. The molecule has 9 N–H and O–H groups in total. The first-order valence-corrected chi connectivity index (χ1v) is 29.6. The van der Waals surface area contributed by atoms with E-state index in [9.17, 15) is 19.2 Å². The van der Waals surface area contributed by atoms with Crippen molar-refractivity contribution in [2.45, 2.75) is 92.6 Å². The number of fused-ring (bicyclic) bond motifs is 2. The highest BCUT2D eigenvalue weighted by atomic mass is 35.5. The maximum Gasteiger partial charge on any atom is 0.390 e. The van der Waals surface area contributed by atoms with Gasteiger partial charge in [0.15, 0.2) is 24.7 Å². The Bertz CT molecular complexity index is 3950. The van der Waals surface area contributed by atoms with Gasteiger partial charge in [-0.2, -0.15) is 0 Å². The highest BCUT2D eigenvalue weighted by Gasteiger charge is 2.37. The number of carbonyl (C=O) groups is 2. The Morgan fingerprint density at radius 1 is 0.625 bits per heavy atom. The molecule has 4 unspecified atom stereocenters. The van der Waals surface area contributed by atoms with Crippen molar-refractivity contribution in [3.05, 3.63) is 205 Å². The quantitative estimate of drug-likeness (QED) is 0.00798. The van der Waals surface area contributed by atoms with Crippen molar-refractivity contribution in [2.24, 2.45) is 11.7 Å². The van der Waals surface area contributed by atoms with E-state index in [1.54, 1.807) is 34.3 Å². The summed E-state index contributed by atoms with van der Waals surface area (Å²) in [7, 11) is 10.3. The van der Waals surface area contributed by atoms with Gasteiger partial charge in [0.1, 0.15) is 39.7 Å². The van der Waals surface area contributed by atoms with Gasteiger partial charge in [-0.1, -0.05) is 155 Å². The number of ether oxygens (including phenoxy) is 8. The molecule has 25 nitrogen and oxygen atoms in total. The number of aryl methyl sites for hydroxylation is 2. The predicted octanol–water partition coefficient (Wildman–Crippen LogP) is 12.2. The van der Waals surface area contributed by atoms with Crippen molar-refractivity contribution in [1.82, 2.24) is 39.9 Å². The van der Waals surface area contributed by atoms with Crippen LogP contribution in [0, 0.1) is 38.3 Å². The van der Waals surface area contributed by atoms with Crippen LogP contribution in [0.4, 0.5) is 5.82 Å². The van der Waals surface area contributed by atoms with Crippen LogP contribution in [0.5, 0.6) is 0 Å². The molecule has 96 heavy (non-hydrogen) atoms. The Kier molecular flexibility index (Phi) is 39.4. The fourth-order valence-corrected chi connectivity index (χ4v) is 9.16. The van der Waals surface area contributed by atoms with Crippen LogP contribution in [0.2, 0.25) is 5.15 Å². The third kappa shape index (κ3) is 25.9. The maximum absolute atomic E-state index is 12.3. The lowest BCUT2D eigenvalue weighted by Gasteiger charge is -2.21. The van der Waals surface area contributed by atoms with Crippen molar-refractivity contribution in [2.75, 3.05) is 68.7 Å². The minimum Gasteiger partial charge on any atom is -0.463 e. The Hall–Kier alpha value is -9.67. The number of hydrogen-bond acceptors (Lipinski definition) is 18. The summed E-state index contributed by atoms with van der Waals surface area (Å²) in [6.45, 7) is 24.2. The van der Waals surface area contributed by atoms with Gasteiger partial charge < -0.3 is 79.0 Å². The number of H-pyrrole nitrogens is 4. The van der Waals surface area contributed by atoms with Crippen LogP contribution in [-0.4, -0.2) is 151 Å². The minimum atomic E-state index is -0.884. The first kappa shape index (κ1) is 84.3. The summed E-state index contributed by atoms with van der Waals surface area (Å²) < 4.78 is 38.8. The number of nitrogen functional groups attached to an aromatic ring is 2. The molecule has 4 atom stereocenters. The standard InChI is InChI=1S/C15H19N3O3.C13H10ClN3.C13H11N3O.C9H15NO4.C7H8N2.C5H11ClO2.C5H7NO2.2CH4/c1-9(15(20-2)21-3)11-12(16)17-13(18-14(11)19)10-7-5-4-6-8-10;1-8-7-15-13-10(8)11(14)16-12(17-13)9-5-3-2-4-6-9;1-8-7-14-12-10(8)13(17)16-11(15-12)9-5-3-2-4-6-9;1-6(9(13-4)14-5)7(10-2)8(11)12-3;8-7(9)6-4-2-1-3-5-6;1-4(6)5(7-2)8-3;1-3-8-5(7)4-6-2;;/h4-9,15H,1-3H3,(H3,16,17,18,19);2-7H,1H3,(H,15,16,17);2-7H,1H3,(H2,14,15,16,17);6-7,9H,1,3-5H3;1-5H,(H3,8,9);4-5H,1-3H3;3-4H2,1H3;2*1H4. The molecule has 27 heteroatoms. The van der Waals surface area contributed by atoms with Crippen LogP contribution in [0.25, 0.3) is 65.9 Å². The van der Waals surface area contributed by atoms with E-state index in [2.05, 4.69) is 59.0 Å². The monoisotopic (exact) mass is 1360 g/mol. The van der Waals surface area contributed by atoms with Crippen molar-refractivity contribution in [1.29, 1.82) is 5.41 Å². The number of nitrogens with two attached hydrogens (primary N) is 2. The third-order valence-corrected chi connectivity index (χ3v) is 13.8. The SMILES string of the molecule is C.C.COC(OC)C(C)Cl.COC(OC)C(C)c1c(N)nc(-c2ccccc2)[nH]c1=O.Cc1c[nH]c2nc(-c3ccccc3)[nH]c(=O)c12.Cc1c[nH]c2nc(-c3ccccc3)nc(Cl)c12.N=C(N)c1ccccc1.[C-]#[N+]C(C(=O)OC)C(C)C(OC)OC.[C-]#[N+]CC(=O)OCC. The molecule has 0 saturated carbocycles. The number of methoxy groups -OCH3 is 7. The molecule has 516 valence electrons. The molecule has 0 aliphatic rings. The van der Waals surface area contributed by atoms with Crippen molar-refractivity contribution >= 4 is 68.9 Å². The maximum atomic E-state index is 12.3. The number of halogens is 2. The average molecular weight is 1360 g/mol. The number of hydrogen-bond donors (Lipinski definition) is 7. The highest BCUT2D eigenvalue weighted by molar-refractivity contribution is 6.34. The lowest BCUT2D eigenvalue weighted by molar-refractivity contribution is -0.156. The van der Waals surface area contributed by atoms with Crippen LogP contribution in [0.3, 0.4) is 0 Å². The molecule has 0 aliphatic carbocycles. The zero-order valence-corrected chi connectivity index (χ0v) is 56.2. The van der Waals surface area contributed by atoms with Gasteiger partial charge in [0.25, 0.3) is 11.1 Å². The third-order valence-electron chi connectivity index (χ3n) is 13.3. The van der Waals surface area contributed by atoms with Crippen LogP contribution < -0.4 is 22.6 Å². The minimum absolute atomic E-state index is 0. The molecular weight excluding hydrogens is 1270 g/mol. The van der Waals surface area contributed by atoms with Gasteiger partial charge in [0, 0.05) is 83.2 Å². The molecule has 0 amide bonds. The van der Waals surface area contributed by atoms with E-state index in [1.807, 2.05) is 155 Å². The van der Waals surface area contributed by atoms with E-state index in [0.29, 0.717) is 45.8 Å². The predicted molar refractivity (Wildman–Crippen MR) is 378 cm³/mol. The molecular formula is C69H89Cl2N13O12. The van der Waals surface area contributed by atoms with Crippen molar-refractivity contribution in [3.63, 3.8) is 0 Å². The zero-order valence-electron chi connectivity index (χ0n) is 54.7. The molecule has 4 aromatic carbocycles. The lowest BCUT2D eigenvalue weighted by Crippen LogP contribution is -2.36. The number of nitrogens with zero attached hydrogens (tertiary/aromatic N) is 6. The fraction of sp³-hybridized carbons (Fsp3) is 0.348. The number of aromatic nitrogens is 8. The molecule has 0 fully saturated rings. The van der Waals surface area contributed by atoms with Gasteiger partial charge in [-0.15, -0.1) is 11.6 Å². The number of nitrogens with one attached hydrogen (secondary N) is 5. The van der Waals surface area contributed by atoms with E-state index in [1.165, 1.54) is 35.5 Å². The summed E-state index contributed by atoms with van der Waals surface area (Å²) in [4.78, 5) is 80.9. The van der Waals surface area contributed by atoms with Gasteiger partial charge in [0.05, 0.1) is 41.3 Å². The van der Waals surface area contributed by atoms with Gasteiger partial charge in [-0.25, -0.2) is 42.7 Å². The molecule has 9 aromatic rings. The number of alkyl halides is 1. The summed E-state index contributed by atoms with van der Waals surface area (Å²) in [5.41, 5.74) is 18.0. The number of rotatable bonds is 18. The van der Waals surface area contributed by atoms with E-state index < -0.39 is 30.6 Å². The van der Waals surface area contributed by atoms with Gasteiger partial charge in [-0.05, 0) is 45.7 Å². The van der Waals surface area contributed by atoms with E-state index in [0.717, 1.165) is 44.4 Å². The number of esters is 2. The summed E-state index contributed by atoms with van der Waals surface area (Å²) >= 11 is 11.8. The highest BCUT2D eigenvalue weighted by Crippen LogP contribution is 2.28. The summed E-state index contributed by atoms with van der Waals surface area (Å²) in [5, 5.41) is 8.94. The summed E-state index contributed by atoms with van der Waals surface area (Å²) in [6.07, 6.45) is 2.27. The Morgan fingerprint density at radius 2 is 1.06 bits per heavy atom. The fourth-order valence-electron chi connectivity index (χ4n) is 8.63. The first-order valence-electron chi connectivity index (χ1n) is 28.8. The second-order valence-corrected chi connectivity index (χ2v) is 20.8. The van der Waals surface area contributed by atoms with Gasteiger partial charge in [0.2, 0.25) is 0 Å². The molecule has 0 spiro atoms. The van der Waals surface area contributed by atoms with Gasteiger partial charge in [-0.3, -0.25) is 15.0 Å². The Labute approximate surface area is 570 Å². The van der Waals surface area contributed by atoms with E-state index in [-0.39, 0.29) is 67.7 Å². The first-order chi connectivity index (χ1) is 45.0. The normalized spacial score (nSPS) is 11.4. The smallest absolute Gasteiger partial charge is 0.390 e. The topological polar surface area (TPSA) is 341 Å².